The van der Waals surface area contributed by atoms with Crippen molar-refractivity contribution in [2.45, 2.75) is 77.9 Å². The minimum absolute atomic E-state index is 0.0717. The lowest BCUT2D eigenvalue weighted by Crippen LogP contribution is -2.52. The SMILES string of the molecule is CC(=O)O[C@@]1(O)CC[C@@]2(C)C(=CC[C@@H]3[C@@H]2CC[C@]2(C)C(=O)CC[C@@H]32)C1. The summed E-state index contributed by atoms with van der Waals surface area (Å²) >= 11 is 0. The van der Waals surface area contributed by atoms with Crippen LogP contribution in [0.4, 0.5) is 0 Å². The molecule has 0 bridgehead atoms. The van der Waals surface area contributed by atoms with Gasteiger partial charge in [-0.2, -0.15) is 0 Å². The molecule has 0 amide bonds. The summed E-state index contributed by atoms with van der Waals surface area (Å²) in [4.78, 5) is 23.8. The topological polar surface area (TPSA) is 63.6 Å². The Bertz CT molecular complexity index is 652. The van der Waals surface area contributed by atoms with Gasteiger partial charge in [0.25, 0.3) is 0 Å². The van der Waals surface area contributed by atoms with Crippen molar-refractivity contribution in [3.8, 4) is 0 Å². The Morgan fingerprint density at radius 2 is 1.88 bits per heavy atom. The average molecular weight is 346 g/mol. The molecule has 3 saturated carbocycles. The van der Waals surface area contributed by atoms with Crippen LogP contribution in [-0.2, 0) is 14.3 Å². The fourth-order valence-corrected chi connectivity index (χ4v) is 6.74. The molecule has 6 atom stereocenters. The number of allylic oxidation sites excluding steroid dienone is 1. The van der Waals surface area contributed by atoms with E-state index in [4.69, 9.17) is 4.74 Å². The highest BCUT2D eigenvalue weighted by molar-refractivity contribution is 5.87. The Labute approximate surface area is 150 Å². The number of hydrogen-bond donors (Lipinski definition) is 1. The summed E-state index contributed by atoms with van der Waals surface area (Å²) in [5.41, 5.74) is 1.23. The van der Waals surface area contributed by atoms with Gasteiger partial charge in [0.15, 0.2) is 0 Å². The largest absolute Gasteiger partial charge is 0.433 e. The molecule has 4 aliphatic rings. The molecule has 0 radical (unpaired) electrons. The smallest absolute Gasteiger partial charge is 0.305 e. The van der Waals surface area contributed by atoms with E-state index in [1.165, 1.54) is 12.5 Å². The molecule has 4 rings (SSSR count). The van der Waals surface area contributed by atoms with Gasteiger partial charge >= 0.3 is 5.97 Å². The van der Waals surface area contributed by atoms with Gasteiger partial charge in [0.05, 0.1) is 0 Å². The summed E-state index contributed by atoms with van der Waals surface area (Å²) < 4.78 is 5.24. The van der Waals surface area contributed by atoms with Crippen LogP contribution in [0, 0.1) is 28.6 Å². The minimum Gasteiger partial charge on any atom is -0.433 e. The van der Waals surface area contributed by atoms with Crippen LogP contribution in [0.1, 0.15) is 72.1 Å². The molecule has 0 spiro atoms. The molecule has 4 nitrogen and oxygen atoms in total. The van der Waals surface area contributed by atoms with Crippen molar-refractivity contribution in [2.75, 3.05) is 0 Å². The molecule has 138 valence electrons. The number of rotatable bonds is 1. The molecule has 4 heteroatoms. The summed E-state index contributed by atoms with van der Waals surface area (Å²) in [6.45, 7) is 5.89. The first kappa shape index (κ1) is 17.3. The van der Waals surface area contributed by atoms with E-state index in [0.717, 1.165) is 38.5 Å². The summed E-state index contributed by atoms with van der Waals surface area (Å²) in [5, 5.41) is 10.7. The standard InChI is InChI=1S/C21H30O4/c1-13(22)25-21(24)11-10-19(2)14(12-21)4-5-15-16-6-7-18(23)20(16,3)9-8-17(15)19/h4,15-17,24H,5-12H2,1-3H3/t15-,16-,17-,19-,20-,21-/m0/s1. The number of carbonyl (C=O) groups is 2. The molecule has 0 heterocycles. The summed E-state index contributed by atoms with van der Waals surface area (Å²) in [6, 6.07) is 0. The molecule has 0 aromatic heterocycles. The van der Waals surface area contributed by atoms with Crippen LogP contribution in [-0.4, -0.2) is 22.6 Å². The summed E-state index contributed by atoms with van der Waals surface area (Å²) in [6.07, 6.45) is 9.00. The predicted molar refractivity (Wildman–Crippen MR) is 93.4 cm³/mol. The van der Waals surface area contributed by atoms with Gasteiger partial charge in [-0.1, -0.05) is 25.5 Å². The quantitative estimate of drug-likeness (QED) is 0.446. The van der Waals surface area contributed by atoms with E-state index in [-0.39, 0.29) is 10.8 Å². The molecule has 4 aliphatic carbocycles. The number of Topliss-reactive ketones (excluding diaryl/α,β-unsaturated/α-hetero) is 1. The Balaban J connectivity index is 1.62. The van der Waals surface area contributed by atoms with Crippen LogP contribution in [0.2, 0.25) is 0 Å². The van der Waals surface area contributed by atoms with Gasteiger partial charge in [0.2, 0.25) is 5.79 Å². The molecule has 0 unspecified atom stereocenters. The Hall–Kier alpha value is -1.16. The maximum Gasteiger partial charge on any atom is 0.305 e. The van der Waals surface area contributed by atoms with E-state index >= 15 is 0 Å². The lowest BCUT2D eigenvalue weighted by molar-refractivity contribution is -0.221. The second kappa shape index (κ2) is 5.42. The van der Waals surface area contributed by atoms with E-state index in [9.17, 15) is 14.7 Å². The number of hydrogen-bond acceptors (Lipinski definition) is 4. The van der Waals surface area contributed by atoms with Crippen LogP contribution in [0.15, 0.2) is 11.6 Å². The molecule has 1 N–H and O–H groups in total. The molecular weight excluding hydrogens is 316 g/mol. The Kier molecular flexibility index (Phi) is 3.74. The highest BCUT2D eigenvalue weighted by Crippen LogP contribution is 2.64. The monoisotopic (exact) mass is 346 g/mol. The van der Waals surface area contributed by atoms with Crippen LogP contribution >= 0.6 is 0 Å². The lowest BCUT2D eigenvalue weighted by Gasteiger charge is -2.57. The van der Waals surface area contributed by atoms with Gasteiger partial charge in [-0.05, 0) is 55.3 Å². The zero-order valence-electron chi connectivity index (χ0n) is 15.6. The van der Waals surface area contributed by atoms with Crippen molar-refractivity contribution in [2.24, 2.45) is 28.6 Å². The summed E-state index contributed by atoms with van der Waals surface area (Å²) in [5.74, 6) is 0.401. The zero-order chi connectivity index (χ0) is 18.0. The third-order valence-corrected chi connectivity index (χ3v) is 8.17. The van der Waals surface area contributed by atoms with E-state index < -0.39 is 11.8 Å². The number of esters is 1. The Morgan fingerprint density at radius 3 is 2.60 bits per heavy atom. The maximum atomic E-state index is 12.5. The second-order valence-electron chi connectivity index (χ2n) is 9.39. The molecule has 0 aromatic carbocycles. The van der Waals surface area contributed by atoms with E-state index in [0.29, 0.717) is 36.4 Å². The molecule has 25 heavy (non-hydrogen) atoms. The third-order valence-electron chi connectivity index (χ3n) is 8.17. The predicted octanol–water partition coefficient (Wildman–Crippen LogP) is 3.77. The normalized spacial score (nSPS) is 48.9. The molecule has 0 aromatic rings. The maximum absolute atomic E-state index is 12.5. The first-order chi connectivity index (χ1) is 11.7. The van der Waals surface area contributed by atoms with E-state index in [1.807, 2.05) is 0 Å². The van der Waals surface area contributed by atoms with Crippen LogP contribution in [0.3, 0.4) is 0 Å². The average Bonchev–Trinajstić information content (AvgIpc) is 2.83. The fourth-order valence-electron chi connectivity index (χ4n) is 6.74. The van der Waals surface area contributed by atoms with Crippen LogP contribution < -0.4 is 0 Å². The number of aliphatic hydroxyl groups is 1. The lowest BCUT2D eigenvalue weighted by atomic mass is 9.48. The van der Waals surface area contributed by atoms with Crippen molar-refractivity contribution in [1.82, 2.24) is 0 Å². The van der Waals surface area contributed by atoms with E-state index in [2.05, 4.69) is 19.9 Å². The van der Waals surface area contributed by atoms with Crippen molar-refractivity contribution in [3.63, 3.8) is 0 Å². The molecule has 0 saturated heterocycles. The molecule has 0 aliphatic heterocycles. The van der Waals surface area contributed by atoms with Crippen molar-refractivity contribution in [1.29, 1.82) is 0 Å². The van der Waals surface area contributed by atoms with E-state index in [1.54, 1.807) is 0 Å². The van der Waals surface area contributed by atoms with Gasteiger partial charge in [0, 0.05) is 31.6 Å². The highest BCUT2D eigenvalue weighted by atomic mass is 16.7. The van der Waals surface area contributed by atoms with Gasteiger partial charge in [-0.25, -0.2) is 0 Å². The Morgan fingerprint density at radius 1 is 1.16 bits per heavy atom. The second-order valence-corrected chi connectivity index (χ2v) is 9.39. The molecule has 3 fully saturated rings. The first-order valence-electron chi connectivity index (χ1n) is 9.83. The number of carbonyl (C=O) groups excluding carboxylic acids is 2. The number of ketones is 1. The number of fused-ring (bicyclic) bond motifs is 5. The third kappa shape index (κ3) is 2.43. The first-order valence-corrected chi connectivity index (χ1v) is 9.83. The minimum atomic E-state index is -1.34. The summed E-state index contributed by atoms with van der Waals surface area (Å²) in [7, 11) is 0. The zero-order valence-corrected chi connectivity index (χ0v) is 15.6. The van der Waals surface area contributed by atoms with Gasteiger partial charge in [0.1, 0.15) is 5.78 Å². The van der Waals surface area contributed by atoms with Crippen molar-refractivity contribution < 1.29 is 19.4 Å². The molecular formula is C21H30O4. The van der Waals surface area contributed by atoms with Crippen molar-refractivity contribution >= 4 is 11.8 Å². The van der Waals surface area contributed by atoms with Gasteiger partial charge < -0.3 is 9.84 Å². The van der Waals surface area contributed by atoms with Gasteiger partial charge in [-0.15, -0.1) is 0 Å². The van der Waals surface area contributed by atoms with Crippen LogP contribution in [0.25, 0.3) is 0 Å². The van der Waals surface area contributed by atoms with Crippen molar-refractivity contribution in [3.05, 3.63) is 11.6 Å². The van der Waals surface area contributed by atoms with Crippen LogP contribution in [0.5, 0.6) is 0 Å². The highest BCUT2D eigenvalue weighted by Gasteiger charge is 2.59. The van der Waals surface area contributed by atoms with Gasteiger partial charge in [-0.3, -0.25) is 9.59 Å². The number of ether oxygens (including phenoxy) is 1. The fraction of sp³-hybridized carbons (Fsp3) is 0.810.